The summed E-state index contributed by atoms with van der Waals surface area (Å²) in [5, 5.41) is 0. The van der Waals surface area contributed by atoms with E-state index in [-0.39, 0.29) is 23.5 Å². The summed E-state index contributed by atoms with van der Waals surface area (Å²) in [6, 6.07) is 22.8. The minimum Gasteiger partial charge on any atom is -0.492 e. The minimum absolute atomic E-state index is 0.0444. The van der Waals surface area contributed by atoms with Crippen LogP contribution in [0.3, 0.4) is 0 Å². The molecule has 0 radical (unpaired) electrons. The Kier molecular flexibility index (Phi) is 9.45. The molecule has 0 unspecified atom stereocenters. The Bertz CT molecular complexity index is 1020. The Morgan fingerprint density at radius 3 is 1.94 bits per heavy atom. The van der Waals surface area contributed by atoms with Gasteiger partial charge in [-0.05, 0) is 60.4 Å². The van der Waals surface area contributed by atoms with E-state index in [1.165, 1.54) is 24.3 Å². The number of ether oxygens (including phenoxy) is 1. The molecule has 1 amide bonds. The molecular weight excluding hydrogens is 458 g/mol. The molecule has 190 valence electrons. The fourth-order valence-electron chi connectivity index (χ4n) is 4.73. The average molecular weight is 493 g/mol. The van der Waals surface area contributed by atoms with Crippen molar-refractivity contribution >= 4 is 5.91 Å². The van der Waals surface area contributed by atoms with Gasteiger partial charge in [0.1, 0.15) is 24.0 Å². The number of rotatable bonds is 11. The van der Waals surface area contributed by atoms with E-state index in [2.05, 4.69) is 4.90 Å². The third kappa shape index (κ3) is 7.62. The van der Waals surface area contributed by atoms with Gasteiger partial charge in [0.15, 0.2) is 0 Å². The lowest BCUT2D eigenvalue weighted by Crippen LogP contribution is -2.49. The molecule has 0 atom stereocenters. The molecule has 6 heteroatoms. The van der Waals surface area contributed by atoms with E-state index >= 15 is 0 Å². The number of amides is 1. The van der Waals surface area contributed by atoms with Gasteiger partial charge in [-0.25, -0.2) is 8.78 Å². The number of halogens is 2. The third-order valence-corrected chi connectivity index (χ3v) is 6.82. The molecule has 0 N–H and O–H groups in total. The van der Waals surface area contributed by atoms with E-state index in [9.17, 15) is 13.6 Å². The van der Waals surface area contributed by atoms with Crippen molar-refractivity contribution in [2.45, 2.75) is 31.6 Å². The van der Waals surface area contributed by atoms with Crippen LogP contribution in [0.15, 0.2) is 78.9 Å². The summed E-state index contributed by atoms with van der Waals surface area (Å²) >= 11 is 0. The smallest absolute Gasteiger partial charge is 0.222 e. The fourth-order valence-corrected chi connectivity index (χ4v) is 4.73. The van der Waals surface area contributed by atoms with E-state index in [1.54, 1.807) is 24.3 Å². The Morgan fingerprint density at radius 1 is 0.778 bits per heavy atom. The molecule has 4 rings (SSSR count). The molecule has 4 nitrogen and oxygen atoms in total. The maximum absolute atomic E-state index is 13.4. The zero-order valence-corrected chi connectivity index (χ0v) is 20.6. The van der Waals surface area contributed by atoms with Crippen molar-refractivity contribution in [3.63, 3.8) is 0 Å². The zero-order valence-electron chi connectivity index (χ0n) is 20.6. The molecule has 36 heavy (non-hydrogen) atoms. The summed E-state index contributed by atoms with van der Waals surface area (Å²) in [5.41, 5.74) is 2.00. The maximum atomic E-state index is 13.4. The van der Waals surface area contributed by atoms with Gasteiger partial charge < -0.3 is 9.64 Å². The highest BCUT2D eigenvalue weighted by Crippen LogP contribution is 2.30. The lowest BCUT2D eigenvalue weighted by Gasteiger charge is -2.34. The van der Waals surface area contributed by atoms with Gasteiger partial charge in [0.25, 0.3) is 0 Å². The third-order valence-electron chi connectivity index (χ3n) is 6.82. The first-order chi connectivity index (χ1) is 17.6. The van der Waals surface area contributed by atoms with Gasteiger partial charge in [0, 0.05) is 45.1 Å². The number of piperazine rings is 1. The highest BCUT2D eigenvalue weighted by Gasteiger charge is 2.21. The quantitative estimate of drug-likeness (QED) is 0.314. The van der Waals surface area contributed by atoms with Crippen LogP contribution < -0.4 is 4.74 Å². The first kappa shape index (κ1) is 25.8. The van der Waals surface area contributed by atoms with Crippen LogP contribution in [-0.4, -0.2) is 55.0 Å². The summed E-state index contributed by atoms with van der Waals surface area (Å²) in [4.78, 5) is 17.1. The first-order valence-electron chi connectivity index (χ1n) is 12.8. The molecule has 1 heterocycles. The molecule has 0 spiro atoms. The highest BCUT2D eigenvalue weighted by molar-refractivity contribution is 5.76. The predicted octanol–water partition coefficient (Wildman–Crippen LogP) is 5.88. The van der Waals surface area contributed by atoms with Crippen LogP contribution in [0.5, 0.6) is 5.75 Å². The standard InChI is InChI=1S/C30H34F2N2O2/c31-26-14-10-24(11-15-26)29(25-12-16-27(32)17-13-25)8-4-5-9-30(35)34-20-18-33(19-21-34)22-23-36-28-6-2-1-3-7-28/h1-3,6-7,10-17,29H,4-5,8-9,18-23H2. The van der Waals surface area contributed by atoms with Crippen LogP contribution in [-0.2, 0) is 4.79 Å². The Hall–Kier alpha value is -3.25. The maximum Gasteiger partial charge on any atom is 0.222 e. The van der Waals surface area contributed by atoms with Crippen LogP contribution in [0.2, 0.25) is 0 Å². The lowest BCUT2D eigenvalue weighted by molar-refractivity contribution is -0.133. The van der Waals surface area contributed by atoms with Crippen LogP contribution in [0.4, 0.5) is 8.78 Å². The van der Waals surface area contributed by atoms with Crippen LogP contribution >= 0.6 is 0 Å². The monoisotopic (exact) mass is 492 g/mol. The van der Waals surface area contributed by atoms with Crippen LogP contribution in [0, 0.1) is 11.6 Å². The van der Waals surface area contributed by atoms with Gasteiger partial charge >= 0.3 is 0 Å². The molecule has 1 saturated heterocycles. The van der Waals surface area contributed by atoms with Gasteiger partial charge in [-0.15, -0.1) is 0 Å². The largest absolute Gasteiger partial charge is 0.492 e. The Morgan fingerprint density at radius 2 is 1.36 bits per heavy atom. The number of para-hydroxylation sites is 1. The Labute approximate surface area is 212 Å². The topological polar surface area (TPSA) is 32.8 Å². The van der Waals surface area contributed by atoms with E-state index in [0.29, 0.717) is 13.0 Å². The number of benzene rings is 3. The number of hydrogen-bond acceptors (Lipinski definition) is 3. The van der Waals surface area contributed by atoms with Crippen LogP contribution in [0.25, 0.3) is 0 Å². The fraction of sp³-hybridized carbons (Fsp3) is 0.367. The van der Waals surface area contributed by atoms with Crippen molar-refractivity contribution < 1.29 is 18.3 Å². The second-order valence-corrected chi connectivity index (χ2v) is 9.29. The van der Waals surface area contributed by atoms with Crippen molar-refractivity contribution in [2.75, 3.05) is 39.3 Å². The molecule has 3 aromatic rings. The summed E-state index contributed by atoms with van der Waals surface area (Å²) in [5.74, 6) is 0.586. The SMILES string of the molecule is O=C(CCCCC(c1ccc(F)cc1)c1ccc(F)cc1)N1CCN(CCOc2ccccc2)CC1. The Balaban J connectivity index is 1.18. The summed E-state index contributed by atoms with van der Waals surface area (Å²) in [7, 11) is 0. The second-order valence-electron chi connectivity index (χ2n) is 9.29. The molecule has 0 aromatic heterocycles. The molecular formula is C30H34F2N2O2. The van der Waals surface area contributed by atoms with E-state index in [1.807, 2.05) is 35.2 Å². The normalized spacial score (nSPS) is 14.2. The number of carbonyl (C=O) groups is 1. The molecule has 3 aromatic carbocycles. The summed E-state index contributed by atoms with van der Waals surface area (Å²) in [6.07, 6.45) is 3.00. The lowest BCUT2D eigenvalue weighted by atomic mass is 9.87. The highest BCUT2D eigenvalue weighted by atomic mass is 19.1. The molecule has 1 fully saturated rings. The van der Waals surface area contributed by atoms with Crippen molar-refractivity contribution in [3.8, 4) is 5.75 Å². The first-order valence-corrected chi connectivity index (χ1v) is 12.8. The van der Waals surface area contributed by atoms with Crippen LogP contribution in [0.1, 0.15) is 42.7 Å². The van der Waals surface area contributed by atoms with Gasteiger partial charge in [-0.3, -0.25) is 9.69 Å². The number of unbranched alkanes of at least 4 members (excludes halogenated alkanes) is 1. The van der Waals surface area contributed by atoms with Gasteiger partial charge in [-0.2, -0.15) is 0 Å². The number of nitrogens with zero attached hydrogens (tertiary/aromatic N) is 2. The number of carbonyl (C=O) groups excluding carboxylic acids is 1. The van der Waals surface area contributed by atoms with Crippen molar-refractivity contribution in [1.82, 2.24) is 9.80 Å². The van der Waals surface area contributed by atoms with Crippen molar-refractivity contribution in [2.24, 2.45) is 0 Å². The van der Waals surface area contributed by atoms with E-state index in [4.69, 9.17) is 4.74 Å². The average Bonchev–Trinajstić information content (AvgIpc) is 2.91. The zero-order chi connectivity index (χ0) is 25.2. The number of hydrogen-bond donors (Lipinski definition) is 0. The molecule has 0 bridgehead atoms. The van der Waals surface area contributed by atoms with E-state index in [0.717, 1.165) is 68.9 Å². The van der Waals surface area contributed by atoms with Gasteiger partial charge in [0.05, 0.1) is 0 Å². The summed E-state index contributed by atoms with van der Waals surface area (Å²) < 4.78 is 32.6. The van der Waals surface area contributed by atoms with Crippen molar-refractivity contribution in [3.05, 3.63) is 102 Å². The minimum atomic E-state index is -0.272. The summed E-state index contributed by atoms with van der Waals surface area (Å²) in [6.45, 7) is 4.71. The second kappa shape index (κ2) is 13.2. The molecule has 1 aliphatic heterocycles. The molecule has 0 aliphatic carbocycles. The van der Waals surface area contributed by atoms with Gasteiger partial charge in [-0.1, -0.05) is 48.9 Å². The molecule has 1 aliphatic rings. The van der Waals surface area contributed by atoms with Gasteiger partial charge in [0.2, 0.25) is 5.91 Å². The van der Waals surface area contributed by atoms with Crippen molar-refractivity contribution in [1.29, 1.82) is 0 Å². The predicted molar refractivity (Wildman–Crippen MR) is 138 cm³/mol. The molecule has 0 saturated carbocycles. The van der Waals surface area contributed by atoms with E-state index < -0.39 is 0 Å².